The van der Waals surface area contributed by atoms with Gasteiger partial charge in [0, 0.05) is 18.2 Å². The summed E-state index contributed by atoms with van der Waals surface area (Å²) >= 11 is 0. The molecule has 9 nitrogen and oxygen atoms in total. The number of nitrogens with zero attached hydrogens (tertiary/aromatic N) is 4. The number of hydrazone groups is 1. The highest BCUT2D eigenvalue weighted by molar-refractivity contribution is 5.91. The van der Waals surface area contributed by atoms with E-state index in [9.17, 15) is 20.2 Å². The Morgan fingerprint density at radius 2 is 1.93 bits per heavy atom. The summed E-state index contributed by atoms with van der Waals surface area (Å²) in [5, 5.41) is 26.6. The average Bonchev–Trinajstić information content (AvgIpc) is 2.67. The van der Waals surface area contributed by atoms with Crippen LogP contribution in [0.3, 0.4) is 0 Å². The maximum Gasteiger partial charge on any atom is 0.301 e. The SMILES string of the molecule is C[n+]1ccccc1C1CCCCC1=NNc1ccc([N+](=O)[O-])cc1[N+](=O)[O-].[I-]. The average molecular weight is 497 g/mol. The summed E-state index contributed by atoms with van der Waals surface area (Å²) in [6, 6.07) is 9.49. The zero-order valence-corrected chi connectivity index (χ0v) is 17.4. The minimum atomic E-state index is -0.657. The minimum Gasteiger partial charge on any atom is -1.00 e. The summed E-state index contributed by atoms with van der Waals surface area (Å²) in [6.45, 7) is 0. The molecule has 1 N–H and O–H groups in total. The van der Waals surface area contributed by atoms with Gasteiger partial charge in [-0.1, -0.05) is 12.5 Å². The van der Waals surface area contributed by atoms with E-state index in [0.717, 1.165) is 43.2 Å². The van der Waals surface area contributed by atoms with Crippen LogP contribution in [0.15, 0.2) is 47.7 Å². The summed E-state index contributed by atoms with van der Waals surface area (Å²) < 4.78 is 2.06. The van der Waals surface area contributed by atoms with Crippen molar-refractivity contribution in [1.29, 1.82) is 0 Å². The molecule has 1 heterocycles. The lowest BCUT2D eigenvalue weighted by molar-refractivity contribution is -0.679. The molecule has 10 heteroatoms. The summed E-state index contributed by atoms with van der Waals surface area (Å²) in [5.41, 5.74) is 4.27. The van der Waals surface area contributed by atoms with Crippen LogP contribution in [0.4, 0.5) is 17.1 Å². The van der Waals surface area contributed by atoms with Crippen LogP contribution >= 0.6 is 0 Å². The molecule has 0 aliphatic heterocycles. The minimum absolute atomic E-state index is 0. The van der Waals surface area contributed by atoms with Crippen molar-refractivity contribution in [2.45, 2.75) is 31.6 Å². The van der Waals surface area contributed by atoms with Crippen LogP contribution in [0.25, 0.3) is 0 Å². The largest absolute Gasteiger partial charge is 1.00 e. The molecule has 1 aliphatic rings. The molecule has 1 aromatic heterocycles. The molecule has 3 rings (SSSR count). The van der Waals surface area contributed by atoms with Crippen LogP contribution in [0.5, 0.6) is 0 Å². The van der Waals surface area contributed by atoms with E-state index in [1.54, 1.807) is 0 Å². The number of nitro benzene ring substituents is 2. The fraction of sp³-hybridized carbons (Fsp3) is 0.333. The summed E-state index contributed by atoms with van der Waals surface area (Å²) in [5.74, 6) is 0.134. The van der Waals surface area contributed by atoms with Crippen molar-refractivity contribution in [3.8, 4) is 0 Å². The third-order valence-electron chi connectivity index (χ3n) is 4.74. The molecule has 148 valence electrons. The second kappa shape index (κ2) is 9.53. The van der Waals surface area contributed by atoms with E-state index in [-0.39, 0.29) is 47.0 Å². The van der Waals surface area contributed by atoms with Crippen molar-refractivity contribution in [3.63, 3.8) is 0 Å². The lowest BCUT2D eigenvalue weighted by atomic mass is 9.84. The highest BCUT2D eigenvalue weighted by atomic mass is 127. The van der Waals surface area contributed by atoms with Crippen molar-refractivity contribution >= 4 is 22.8 Å². The Balaban J connectivity index is 0.00000280. The molecule has 1 unspecified atom stereocenters. The number of nitro groups is 2. The molecular formula is C18H20IN5O4. The van der Waals surface area contributed by atoms with Gasteiger partial charge in [-0.05, 0) is 25.3 Å². The molecule has 0 spiro atoms. The number of halogens is 1. The van der Waals surface area contributed by atoms with Crippen molar-refractivity contribution in [2.75, 3.05) is 5.43 Å². The van der Waals surface area contributed by atoms with E-state index in [1.807, 2.05) is 25.4 Å². The standard InChI is InChI=1S/C18H20N5O4.HI/c1-21-11-5-4-8-17(21)14-6-2-3-7-15(14)19-20-16-10-9-13(22(24)25)12-18(16)23(26)27;/h4-5,8-12,14,20H,2-3,6-7H2,1H3;1H/q+1;/p-1. The second-order valence-electron chi connectivity index (χ2n) is 6.47. The maximum absolute atomic E-state index is 11.3. The summed E-state index contributed by atoms with van der Waals surface area (Å²) in [4.78, 5) is 20.8. The third kappa shape index (κ3) is 4.80. The Morgan fingerprint density at radius 3 is 2.61 bits per heavy atom. The van der Waals surface area contributed by atoms with Gasteiger partial charge >= 0.3 is 5.69 Å². The lowest BCUT2D eigenvalue weighted by Crippen LogP contribution is -3.00. The zero-order chi connectivity index (χ0) is 19.4. The molecule has 0 saturated heterocycles. The molecule has 1 aromatic carbocycles. The number of aryl methyl sites for hydroxylation is 1. The third-order valence-corrected chi connectivity index (χ3v) is 4.74. The van der Waals surface area contributed by atoms with Gasteiger partial charge in [0.2, 0.25) is 0 Å². The van der Waals surface area contributed by atoms with Gasteiger partial charge in [0.25, 0.3) is 5.69 Å². The van der Waals surface area contributed by atoms with E-state index in [4.69, 9.17) is 0 Å². The Morgan fingerprint density at radius 1 is 1.14 bits per heavy atom. The first kappa shape index (κ1) is 21.7. The van der Waals surface area contributed by atoms with Gasteiger partial charge in [0.1, 0.15) is 12.7 Å². The molecule has 1 atom stereocenters. The number of benzene rings is 1. The number of hydrogen-bond acceptors (Lipinski definition) is 6. The van der Waals surface area contributed by atoms with Crippen molar-refractivity contribution < 1.29 is 38.4 Å². The highest BCUT2D eigenvalue weighted by Gasteiger charge is 2.28. The van der Waals surface area contributed by atoms with Gasteiger partial charge in [-0.3, -0.25) is 25.7 Å². The van der Waals surface area contributed by atoms with Crippen molar-refractivity contribution in [2.24, 2.45) is 12.1 Å². The van der Waals surface area contributed by atoms with Gasteiger partial charge in [0.15, 0.2) is 11.9 Å². The van der Waals surface area contributed by atoms with Crippen LogP contribution < -0.4 is 34.0 Å². The van der Waals surface area contributed by atoms with Gasteiger partial charge < -0.3 is 24.0 Å². The topological polar surface area (TPSA) is 115 Å². The summed E-state index contributed by atoms with van der Waals surface area (Å²) in [6.07, 6.45) is 5.84. The number of rotatable bonds is 5. The molecule has 2 aromatic rings. The van der Waals surface area contributed by atoms with E-state index in [1.165, 1.54) is 12.1 Å². The van der Waals surface area contributed by atoms with E-state index in [2.05, 4.69) is 21.2 Å². The van der Waals surface area contributed by atoms with Crippen LogP contribution in [0.2, 0.25) is 0 Å². The number of aromatic nitrogens is 1. The molecule has 1 aliphatic carbocycles. The van der Waals surface area contributed by atoms with Gasteiger partial charge in [-0.2, -0.15) is 5.10 Å². The Kier molecular flexibility index (Phi) is 7.38. The van der Waals surface area contributed by atoms with Gasteiger partial charge in [-0.25, -0.2) is 4.57 Å². The number of non-ortho nitro benzene ring substituents is 1. The number of pyridine rings is 1. The first-order chi connectivity index (χ1) is 13.0. The van der Waals surface area contributed by atoms with Gasteiger partial charge in [-0.15, -0.1) is 0 Å². The predicted molar refractivity (Wildman–Crippen MR) is 99.6 cm³/mol. The number of anilines is 1. The maximum atomic E-state index is 11.3. The van der Waals surface area contributed by atoms with Crippen LogP contribution in [-0.2, 0) is 7.05 Å². The predicted octanol–water partition coefficient (Wildman–Crippen LogP) is 0.457. The summed E-state index contributed by atoms with van der Waals surface area (Å²) in [7, 11) is 1.98. The lowest BCUT2D eigenvalue weighted by Gasteiger charge is -2.22. The fourth-order valence-corrected chi connectivity index (χ4v) is 3.36. The zero-order valence-electron chi connectivity index (χ0n) is 15.2. The first-order valence-corrected chi connectivity index (χ1v) is 8.67. The highest BCUT2D eigenvalue weighted by Crippen LogP contribution is 2.31. The Labute approximate surface area is 178 Å². The number of nitrogens with one attached hydrogen (secondary N) is 1. The Bertz CT molecular complexity index is 919. The van der Waals surface area contributed by atoms with Crippen LogP contribution in [0.1, 0.15) is 37.3 Å². The quantitative estimate of drug-likeness (QED) is 0.279. The monoisotopic (exact) mass is 497 g/mol. The molecule has 0 amide bonds. The molecule has 1 saturated carbocycles. The molecule has 0 radical (unpaired) electrons. The smallest absolute Gasteiger partial charge is 0.301 e. The molecular weight excluding hydrogens is 477 g/mol. The van der Waals surface area contributed by atoms with Gasteiger partial charge in [0.05, 0.1) is 27.5 Å². The van der Waals surface area contributed by atoms with Crippen molar-refractivity contribution in [1.82, 2.24) is 0 Å². The van der Waals surface area contributed by atoms with E-state index in [0.29, 0.717) is 0 Å². The first-order valence-electron chi connectivity index (χ1n) is 8.67. The number of hydrogen-bond donors (Lipinski definition) is 1. The van der Waals surface area contributed by atoms with Crippen molar-refractivity contribution in [3.05, 3.63) is 68.5 Å². The van der Waals surface area contributed by atoms with Crippen LogP contribution in [-0.4, -0.2) is 15.6 Å². The fourth-order valence-electron chi connectivity index (χ4n) is 3.36. The molecule has 0 bridgehead atoms. The van der Waals surface area contributed by atoms with E-state index >= 15 is 0 Å². The normalized spacial score (nSPS) is 17.6. The van der Waals surface area contributed by atoms with E-state index < -0.39 is 9.85 Å². The second-order valence-corrected chi connectivity index (χ2v) is 6.47. The molecule has 1 fully saturated rings. The Hall–Kier alpha value is -2.63. The molecule has 28 heavy (non-hydrogen) atoms. The van der Waals surface area contributed by atoms with Crippen LogP contribution in [0, 0.1) is 20.2 Å².